The largest absolute Gasteiger partial charge is 0.295 e. The van der Waals surface area contributed by atoms with E-state index < -0.39 is 0 Å². The number of carbonyl (C=O) groups excluding carboxylic acids is 1. The van der Waals surface area contributed by atoms with Crippen molar-refractivity contribution in [3.8, 4) is 0 Å². The van der Waals surface area contributed by atoms with E-state index in [9.17, 15) is 4.79 Å². The number of allylic oxidation sites excluding steroid dienone is 2. The molecule has 0 bridgehead atoms. The van der Waals surface area contributed by atoms with E-state index in [1.54, 1.807) is 0 Å². The molecule has 7 atom stereocenters. The Balaban J connectivity index is 1.66. The zero-order valence-corrected chi connectivity index (χ0v) is 15.5. The predicted octanol–water partition coefficient (Wildman–Crippen LogP) is 5.79. The Morgan fingerprint density at radius 2 is 1.83 bits per heavy atom. The van der Waals surface area contributed by atoms with Crippen molar-refractivity contribution in [2.45, 2.75) is 79.1 Å². The Morgan fingerprint density at radius 3 is 2.57 bits per heavy atom. The minimum Gasteiger partial charge on any atom is -0.295 e. The number of hydrogen-bond acceptors (Lipinski definition) is 1. The fraction of sp³-hybridized carbons (Fsp3) is 0.864. The summed E-state index contributed by atoms with van der Waals surface area (Å²) in [5.41, 5.74) is 1.93. The van der Waals surface area contributed by atoms with Crippen molar-refractivity contribution < 1.29 is 4.79 Å². The quantitative estimate of drug-likeness (QED) is 0.517. The first-order valence-electron chi connectivity index (χ1n) is 10.1. The van der Waals surface area contributed by atoms with E-state index in [-0.39, 0.29) is 5.41 Å². The van der Waals surface area contributed by atoms with Gasteiger partial charge in [0.2, 0.25) is 0 Å². The maximum atomic E-state index is 12.6. The maximum absolute atomic E-state index is 12.6. The lowest BCUT2D eigenvalue weighted by molar-refractivity contribution is -0.117. The van der Waals surface area contributed by atoms with Gasteiger partial charge in [-0.05, 0) is 91.4 Å². The summed E-state index contributed by atoms with van der Waals surface area (Å²) in [6.45, 7) is 9.56. The van der Waals surface area contributed by atoms with Crippen LogP contribution in [0.15, 0.2) is 11.6 Å². The second-order valence-corrected chi connectivity index (χ2v) is 9.82. The highest BCUT2D eigenvalue weighted by Gasteiger charge is 2.60. The molecule has 1 heteroatoms. The summed E-state index contributed by atoms with van der Waals surface area (Å²) in [5.74, 6) is 4.68. The molecule has 4 rings (SSSR count). The number of carbonyl (C=O) groups is 1. The van der Waals surface area contributed by atoms with Crippen LogP contribution in [0.4, 0.5) is 0 Å². The Kier molecular flexibility index (Phi) is 3.60. The summed E-state index contributed by atoms with van der Waals surface area (Å²) in [7, 11) is 0. The van der Waals surface area contributed by atoms with Crippen molar-refractivity contribution in [2.75, 3.05) is 0 Å². The second kappa shape index (κ2) is 5.20. The zero-order chi connectivity index (χ0) is 16.4. The standard InChI is InChI=1S/C22H34O/c1-5-17-20(23)13-19-16-7-6-15-12-14(2)8-10-21(15,3)18(16)9-11-22(17,19)4/h5,14-16,18-19H,6-13H2,1-4H3/b17-5-/t14-,15-,16+,18-,19-,21-,22+/m0/s1. The molecule has 0 aromatic carbocycles. The Bertz CT molecular complexity index is 546. The fourth-order valence-electron chi connectivity index (χ4n) is 7.62. The van der Waals surface area contributed by atoms with Crippen LogP contribution in [0.25, 0.3) is 0 Å². The van der Waals surface area contributed by atoms with Gasteiger partial charge in [0, 0.05) is 6.42 Å². The molecule has 0 heterocycles. The molecule has 4 aliphatic rings. The minimum atomic E-state index is 0.193. The molecule has 0 N–H and O–H groups in total. The summed E-state index contributed by atoms with van der Waals surface area (Å²) in [5, 5.41) is 0. The first-order valence-corrected chi connectivity index (χ1v) is 10.1. The number of rotatable bonds is 0. The maximum Gasteiger partial charge on any atom is 0.159 e. The highest BCUT2D eigenvalue weighted by Crippen LogP contribution is 2.67. The molecule has 0 saturated heterocycles. The molecule has 0 unspecified atom stereocenters. The van der Waals surface area contributed by atoms with Gasteiger partial charge in [-0.2, -0.15) is 0 Å². The van der Waals surface area contributed by atoms with Gasteiger partial charge in [-0.3, -0.25) is 4.79 Å². The predicted molar refractivity (Wildman–Crippen MR) is 95.0 cm³/mol. The van der Waals surface area contributed by atoms with Crippen molar-refractivity contribution in [1.29, 1.82) is 0 Å². The smallest absolute Gasteiger partial charge is 0.159 e. The van der Waals surface area contributed by atoms with Crippen LogP contribution in [0.3, 0.4) is 0 Å². The normalized spacial score (nSPS) is 54.5. The van der Waals surface area contributed by atoms with Crippen LogP contribution in [-0.2, 0) is 4.79 Å². The van der Waals surface area contributed by atoms with Crippen LogP contribution in [0.2, 0.25) is 0 Å². The van der Waals surface area contributed by atoms with Crippen LogP contribution < -0.4 is 0 Å². The van der Waals surface area contributed by atoms with Gasteiger partial charge < -0.3 is 0 Å². The summed E-state index contributed by atoms with van der Waals surface area (Å²) in [4.78, 5) is 12.6. The molecule has 4 saturated carbocycles. The van der Waals surface area contributed by atoms with E-state index in [1.807, 2.05) is 0 Å². The molecule has 0 aromatic heterocycles. The van der Waals surface area contributed by atoms with Gasteiger partial charge in [-0.15, -0.1) is 0 Å². The summed E-state index contributed by atoms with van der Waals surface area (Å²) in [6.07, 6.45) is 12.7. The third-order valence-corrected chi connectivity index (χ3v) is 8.93. The first-order chi connectivity index (χ1) is 10.9. The molecule has 0 aliphatic heterocycles. The van der Waals surface area contributed by atoms with Crippen LogP contribution in [0, 0.1) is 40.4 Å². The number of ketones is 1. The van der Waals surface area contributed by atoms with E-state index in [1.165, 1.54) is 50.5 Å². The van der Waals surface area contributed by atoms with E-state index in [4.69, 9.17) is 0 Å². The van der Waals surface area contributed by atoms with Crippen LogP contribution in [0.5, 0.6) is 0 Å². The lowest BCUT2D eigenvalue weighted by atomic mass is 9.44. The van der Waals surface area contributed by atoms with Gasteiger partial charge in [0.15, 0.2) is 5.78 Å². The van der Waals surface area contributed by atoms with E-state index in [0.717, 1.165) is 30.1 Å². The average molecular weight is 315 g/mol. The van der Waals surface area contributed by atoms with Crippen molar-refractivity contribution >= 4 is 5.78 Å². The SMILES string of the molecule is C/C=C1/C(=O)C[C@H]2[C@@H]3CC[C@H]4C[C@@H](C)CC[C@]4(C)[C@H]3CC[C@]12C. The number of fused-ring (bicyclic) bond motifs is 5. The molecule has 0 spiro atoms. The molecule has 0 aromatic rings. The van der Waals surface area contributed by atoms with Gasteiger partial charge >= 0.3 is 0 Å². The van der Waals surface area contributed by atoms with Gasteiger partial charge in [0.05, 0.1) is 0 Å². The molecule has 128 valence electrons. The van der Waals surface area contributed by atoms with Gasteiger partial charge in [0.1, 0.15) is 0 Å². The van der Waals surface area contributed by atoms with E-state index in [0.29, 0.717) is 17.1 Å². The first kappa shape index (κ1) is 15.9. The number of hydrogen-bond donors (Lipinski definition) is 0. The van der Waals surface area contributed by atoms with Crippen molar-refractivity contribution in [2.24, 2.45) is 40.4 Å². The number of Topliss-reactive ketones (excluding diaryl/α,β-unsaturated/α-hetero) is 1. The minimum absolute atomic E-state index is 0.193. The molecule has 23 heavy (non-hydrogen) atoms. The molecule has 1 nitrogen and oxygen atoms in total. The van der Waals surface area contributed by atoms with Crippen molar-refractivity contribution in [3.63, 3.8) is 0 Å². The molecule has 0 amide bonds. The molecule has 4 fully saturated rings. The van der Waals surface area contributed by atoms with E-state index >= 15 is 0 Å². The Morgan fingerprint density at radius 1 is 1.04 bits per heavy atom. The third-order valence-electron chi connectivity index (χ3n) is 8.93. The van der Waals surface area contributed by atoms with Crippen molar-refractivity contribution in [3.05, 3.63) is 11.6 Å². The van der Waals surface area contributed by atoms with Gasteiger partial charge in [-0.1, -0.05) is 33.3 Å². The molecular formula is C22H34O. The second-order valence-electron chi connectivity index (χ2n) is 9.82. The molecular weight excluding hydrogens is 280 g/mol. The van der Waals surface area contributed by atoms with Crippen molar-refractivity contribution in [1.82, 2.24) is 0 Å². The topological polar surface area (TPSA) is 17.1 Å². The third kappa shape index (κ3) is 2.07. The zero-order valence-electron chi connectivity index (χ0n) is 15.5. The van der Waals surface area contributed by atoms with Crippen LogP contribution in [-0.4, -0.2) is 5.78 Å². The van der Waals surface area contributed by atoms with E-state index in [2.05, 4.69) is 33.8 Å². The highest BCUT2D eigenvalue weighted by molar-refractivity contribution is 5.99. The summed E-state index contributed by atoms with van der Waals surface area (Å²) < 4.78 is 0. The molecule has 0 radical (unpaired) electrons. The molecule has 4 aliphatic carbocycles. The fourth-order valence-corrected chi connectivity index (χ4v) is 7.62. The highest BCUT2D eigenvalue weighted by atomic mass is 16.1. The monoisotopic (exact) mass is 314 g/mol. The Labute approximate surface area is 142 Å². The average Bonchev–Trinajstić information content (AvgIpc) is 2.77. The van der Waals surface area contributed by atoms with Gasteiger partial charge in [0.25, 0.3) is 0 Å². The lowest BCUT2D eigenvalue weighted by Crippen LogP contribution is -2.52. The van der Waals surface area contributed by atoms with Crippen LogP contribution in [0.1, 0.15) is 79.1 Å². The lowest BCUT2D eigenvalue weighted by Gasteiger charge is -2.60. The van der Waals surface area contributed by atoms with Crippen LogP contribution >= 0.6 is 0 Å². The Hall–Kier alpha value is -0.590. The summed E-state index contributed by atoms with van der Waals surface area (Å²) in [6, 6.07) is 0. The summed E-state index contributed by atoms with van der Waals surface area (Å²) >= 11 is 0. The van der Waals surface area contributed by atoms with Gasteiger partial charge in [-0.25, -0.2) is 0 Å².